The Hall–Kier alpha value is -1.38. The molecule has 0 bridgehead atoms. The van der Waals surface area contributed by atoms with Crippen LogP contribution in [0.3, 0.4) is 0 Å². The Kier molecular flexibility index (Phi) is 1.18. The number of hydrogen-bond acceptors (Lipinski definition) is 1. The van der Waals surface area contributed by atoms with Crippen LogP contribution in [0.15, 0.2) is 28.8 Å². The molecule has 1 atom stereocenters. The molecule has 0 aromatic carbocycles. The quantitative estimate of drug-likeness (QED) is 0.547. The Morgan fingerprint density at radius 3 is 3.18 bits per heavy atom. The number of nitrogens with zero attached hydrogens (tertiary/aromatic N) is 1. The van der Waals surface area contributed by atoms with E-state index >= 15 is 0 Å². The van der Waals surface area contributed by atoms with E-state index in [0.717, 1.165) is 11.3 Å². The maximum Gasteiger partial charge on any atom is 0.342 e. The number of aliphatic imine (C=N–C) groups is 1. The van der Waals surface area contributed by atoms with Crippen LogP contribution in [-0.2, 0) is 0 Å². The zero-order valence-corrected chi connectivity index (χ0v) is 6.16. The van der Waals surface area contributed by atoms with Crippen molar-refractivity contribution in [3.63, 3.8) is 0 Å². The molecule has 0 aromatic rings. The number of fused-ring (bicyclic) bond motifs is 1. The second kappa shape index (κ2) is 2.05. The predicted octanol–water partition coefficient (Wildman–Crippen LogP) is 1.04. The molecular formula is C8H8N2O. The van der Waals surface area contributed by atoms with Gasteiger partial charge in [0.05, 0.1) is 11.8 Å². The summed E-state index contributed by atoms with van der Waals surface area (Å²) in [6.07, 6.45) is 5.82. The minimum Gasteiger partial charge on any atom is -0.324 e. The molecule has 2 amide bonds. The minimum atomic E-state index is -0.232. The van der Waals surface area contributed by atoms with Crippen LogP contribution in [0.5, 0.6) is 0 Å². The van der Waals surface area contributed by atoms with Gasteiger partial charge in [0, 0.05) is 0 Å². The highest BCUT2D eigenvalue weighted by Gasteiger charge is 2.25. The molecule has 1 heterocycles. The fourth-order valence-corrected chi connectivity index (χ4v) is 1.28. The Morgan fingerprint density at radius 1 is 1.64 bits per heavy atom. The molecule has 1 unspecified atom stereocenters. The van der Waals surface area contributed by atoms with E-state index in [2.05, 4.69) is 10.3 Å². The first kappa shape index (κ1) is 6.34. The Morgan fingerprint density at radius 2 is 2.45 bits per heavy atom. The van der Waals surface area contributed by atoms with Crippen molar-refractivity contribution in [3.05, 3.63) is 23.8 Å². The highest BCUT2D eigenvalue weighted by Crippen LogP contribution is 2.14. The van der Waals surface area contributed by atoms with Gasteiger partial charge < -0.3 is 5.32 Å². The molecule has 3 heteroatoms. The van der Waals surface area contributed by atoms with Gasteiger partial charge in [-0.05, 0) is 12.5 Å². The number of amides is 2. The lowest BCUT2D eigenvalue weighted by molar-refractivity contribution is 0.251. The van der Waals surface area contributed by atoms with Crippen LogP contribution in [0.2, 0.25) is 0 Å². The zero-order valence-electron chi connectivity index (χ0n) is 6.16. The molecule has 1 aliphatic heterocycles. The van der Waals surface area contributed by atoms with Crippen LogP contribution in [-0.4, -0.2) is 17.8 Å². The van der Waals surface area contributed by atoms with Crippen molar-refractivity contribution in [2.24, 2.45) is 4.99 Å². The van der Waals surface area contributed by atoms with Crippen LogP contribution in [0.1, 0.15) is 6.92 Å². The second-order valence-corrected chi connectivity index (χ2v) is 2.66. The molecule has 0 aromatic heterocycles. The van der Waals surface area contributed by atoms with Gasteiger partial charge in [0.25, 0.3) is 0 Å². The van der Waals surface area contributed by atoms with Gasteiger partial charge in [0.2, 0.25) is 0 Å². The number of hydrogen-bond donors (Lipinski definition) is 1. The first-order chi connectivity index (χ1) is 5.27. The zero-order chi connectivity index (χ0) is 7.84. The summed E-state index contributed by atoms with van der Waals surface area (Å²) in [6.45, 7) is 1.95. The third-order valence-electron chi connectivity index (χ3n) is 1.85. The summed E-state index contributed by atoms with van der Waals surface area (Å²) < 4.78 is 0. The van der Waals surface area contributed by atoms with Gasteiger partial charge in [0.1, 0.15) is 0 Å². The number of carbonyl (C=O) groups excluding carboxylic acids is 1. The Balaban J connectivity index is 2.43. The maximum absolute atomic E-state index is 10.8. The third kappa shape index (κ3) is 0.888. The van der Waals surface area contributed by atoms with Crippen molar-refractivity contribution >= 4 is 11.7 Å². The van der Waals surface area contributed by atoms with E-state index < -0.39 is 0 Å². The topological polar surface area (TPSA) is 41.5 Å². The van der Waals surface area contributed by atoms with Crippen molar-refractivity contribution in [1.29, 1.82) is 0 Å². The fraction of sp³-hybridized carbons (Fsp3) is 0.250. The number of rotatable bonds is 0. The van der Waals surface area contributed by atoms with Crippen LogP contribution in [0.4, 0.5) is 4.79 Å². The minimum absolute atomic E-state index is 0.0208. The predicted molar refractivity (Wildman–Crippen MR) is 42.7 cm³/mol. The van der Waals surface area contributed by atoms with E-state index in [-0.39, 0.29) is 12.1 Å². The van der Waals surface area contributed by atoms with Gasteiger partial charge in [0.15, 0.2) is 0 Å². The lowest BCUT2D eigenvalue weighted by Gasteiger charge is -2.11. The Bertz CT molecular complexity index is 299. The first-order valence-electron chi connectivity index (χ1n) is 3.52. The van der Waals surface area contributed by atoms with E-state index in [1.165, 1.54) is 0 Å². The molecule has 2 rings (SSSR count). The average Bonchev–Trinajstić information content (AvgIpc) is 2.31. The molecule has 1 N–H and O–H groups in total. The Labute approximate surface area is 64.5 Å². The van der Waals surface area contributed by atoms with Crippen molar-refractivity contribution < 1.29 is 4.79 Å². The molecule has 0 saturated heterocycles. The van der Waals surface area contributed by atoms with Gasteiger partial charge in [-0.1, -0.05) is 18.2 Å². The number of carbonyl (C=O) groups is 1. The van der Waals surface area contributed by atoms with E-state index in [0.29, 0.717) is 0 Å². The van der Waals surface area contributed by atoms with Gasteiger partial charge in [-0.25, -0.2) is 4.79 Å². The molecule has 1 aliphatic carbocycles. The van der Waals surface area contributed by atoms with E-state index in [1.54, 1.807) is 0 Å². The number of urea groups is 1. The number of allylic oxidation sites excluding steroid dienone is 2. The molecule has 0 fully saturated rings. The van der Waals surface area contributed by atoms with E-state index in [1.807, 2.05) is 25.2 Å². The lowest BCUT2D eigenvalue weighted by Crippen LogP contribution is -2.31. The molecule has 0 saturated carbocycles. The molecule has 3 nitrogen and oxygen atoms in total. The number of nitrogens with one attached hydrogen (secondary N) is 1. The van der Waals surface area contributed by atoms with Gasteiger partial charge in [-0.2, -0.15) is 4.99 Å². The van der Waals surface area contributed by atoms with Crippen LogP contribution >= 0.6 is 0 Å². The lowest BCUT2D eigenvalue weighted by atomic mass is 10.0. The molecule has 2 aliphatic rings. The normalized spacial score (nSPS) is 27.4. The summed E-state index contributed by atoms with van der Waals surface area (Å²) in [5.74, 6) is 0. The smallest absolute Gasteiger partial charge is 0.324 e. The van der Waals surface area contributed by atoms with E-state index in [4.69, 9.17) is 0 Å². The summed E-state index contributed by atoms with van der Waals surface area (Å²) in [4.78, 5) is 14.6. The summed E-state index contributed by atoms with van der Waals surface area (Å²) in [5.41, 5.74) is 1.92. The van der Waals surface area contributed by atoms with Crippen LogP contribution in [0, 0.1) is 0 Å². The summed E-state index contributed by atoms with van der Waals surface area (Å²) in [7, 11) is 0. The average molecular weight is 148 g/mol. The van der Waals surface area contributed by atoms with Crippen LogP contribution < -0.4 is 5.32 Å². The monoisotopic (exact) mass is 148 g/mol. The maximum atomic E-state index is 10.8. The summed E-state index contributed by atoms with van der Waals surface area (Å²) in [5, 5.41) is 2.72. The molecule has 11 heavy (non-hydrogen) atoms. The first-order valence-corrected chi connectivity index (χ1v) is 3.52. The third-order valence-corrected chi connectivity index (χ3v) is 1.85. The van der Waals surface area contributed by atoms with Crippen molar-refractivity contribution in [2.45, 2.75) is 13.0 Å². The molecule has 56 valence electrons. The fourth-order valence-electron chi connectivity index (χ4n) is 1.28. The van der Waals surface area contributed by atoms with Crippen molar-refractivity contribution in [2.75, 3.05) is 0 Å². The largest absolute Gasteiger partial charge is 0.342 e. The molecule has 0 spiro atoms. The second-order valence-electron chi connectivity index (χ2n) is 2.66. The highest BCUT2D eigenvalue weighted by atomic mass is 16.2. The molecular weight excluding hydrogens is 140 g/mol. The van der Waals surface area contributed by atoms with Crippen molar-refractivity contribution in [3.8, 4) is 0 Å². The SMILES string of the molecule is CC1=CC=CC2NC(=O)N=C12. The van der Waals surface area contributed by atoms with Gasteiger partial charge in [-0.15, -0.1) is 0 Å². The van der Waals surface area contributed by atoms with Crippen LogP contribution in [0.25, 0.3) is 0 Å². The van der Waals surface area contributed by atoms with E-state index in [9.17, 15) is 4.79 Å². The van der Waals surface area contributed by atoms with Gasteiger partial charge >= 0.3 is 6.03 Å². The van der Waals surface area contributed by atoms with Crippen molar-refractivity contribution in [1.82, 2.24) is 5.32 Å². The molecule has 0 radical (unpaired) electrons. The summed E-state index contributed by atoms with van der Waals surface area (Å²) in [6, 6.07) is -0.211. The van der Waals surface area contributed by atoms with Gasteiger partial charge in [-0.3, -0.25) is 0 Å². The summed E-state index contributed by atoms with van der Waals surface area (Å²) >= 11 is 0. The highest BCUT2D eigenvalue weighted by molar-refractivity contribution is 6.15. The standard InChI is InChI=1S/C8H8N2O/c1-5-3-2-4-6-7(5)10-8(11)9-6/h2-4,6H,1H3,(H,9,11).